The number of hydrogen-bond donors (Lipinski definition) is 2. The third kappa shape index (κ3) is 6.27. The Labute approximate surface area is 186 Å². The summed E-state index contributed by atoms with van der Waals surface area (Å²) in [6.45, 7) is 0.230. The van der Waals surface area contributed by atoms with Gasteiger partial charge in [0.15, 0.2) is 0 Å². The second kappa shape index (κ2) is 10.4. The molecule has 0 bridgehead atoms. The summed E-state index contributed by atoms with van der Waals surface area (Å²) >= 11 is 6.08. The summed E-state index contributed by atoms with van der Waals surface area (Å²) in [5.41, 5.74) is 1.62. The van der Waals surface area contributed by atoms with E-state index >= 15 is 0 Å². The number of nitrogens with one attached hydrogen (secondary N) is 2. The Kier molecular flexibility index (Phi) is 7.62. The Morgan fingerprint density at radius 1 is 1.10 bits per heavy atom. The monoisotopic (exact) mass is 459 g/mol. The Balaban J connectivity index is 1.81. The smallest absolute Gasteiger partial charge is 0.241 e. The maximum atomic E-state index is 13.0. The third-order valence-electron chi connectivity index (χ3n) is 4.52. The summed E-state index contributed by atoms with van der Waals surface area (Å²) in [7, 11) is -2.58. The van der Waals surface area contributed by atoms with E-state index in [-0.39, 0.29) is 22.9 Å². The van der Waals surface area contributed by atoms with Crippen LogP contribution in [0.3, 0.4) is 0 Å². The number of methoxy groups -OCH3 is 1. The Morgan fingerprint density at radius 3 is 2.48 bits per heavy atom. The SMILES string of the molecule is COc1ccc(S(=O)(=O)NC(Cc2ccccc2)C(=O)NCc2cccnc2)cc1Cl. The van der Waals surface area contributed by atoms with Crippen LogP contribution in [0.2, 0.25) is 5.02 Å². The van der Waals surface area contributed by atoms with E-state index < -0.39 is 22.0 Å². The largest absolute Gasteiger partial charge is 0.495 e. The molecule has 1 amide bonds. The minimum atomic E-state index is -4.02. The Morgan fingerprint density at radius 2 is 1.84 bits per heavy atom. The van der Waals surface area contributed by atoms with Crippen molar-refractivity contribution in [2.45, 2.75) is 23.9 Å². The lowest BCUT2D eigenvalue weighted by Gasteiger charge is -2.19. The van der Waals surface area contributed by atoms with Gasteiger partial charge in [0, 0.05) is 18.9 Å². The maximum absolute atomic E-state index is 13.0. The molecule has 1 heterocycles. The molecule has 31 heavy (non-hydrogen) atoms. The quantitative estimate of drug-likeness (QED) is 0.512. The van der Waals surface area contributed by atoms with Gasteiger partial charge in [-0.25, -0.2) is 8.42 Å². The normalized spacial score (nSPS) is 12.2. The van der Waals surface area contributed by atoms with Crippen LogP contribution in [-0.2, 0) is 27.8 Å². The van der Waals surface area contributed by atoms with Crippen LogP contribution in [0.5, 0.6) is 5.75 Å². The number of nitrogens with zero attached hydrogens (tertiary/aromatic N) is 1. The zero-order chi connectivity index (χ0) is 22.3. The van der Waals surface area contributed by atoms with E-state index in [0.29, 0.717) is 5.75 Å². The number of carbonyl (C=O) groups excluding carboxylic acids is 1. The molecule has 0 aliphatic rings. The summed E-state index contributed by atoms with van der Waals surface area (Å²) < 4.78 is 33.5. The van der Waals surface area contributed by atoms with Gasteiger partial charge >= 0.3 is 0 Å². The molecule has 3 aromatic rings. The van der Waals surface area contributed by atoms with Crippen molar-refractivity contribution in [3.63, 3.8) is 0 Å². The summed E-state index contributed by atoms with van der Waals surface area (Å²) in [6, 6.07) is 15.9. The van der Waals surface area contributed by atoms with Crippen LogP contribution in [0, 0.1) is 0 Å². The molecule has 0 aliphatic heterocycles. The van der Waals surface area contributed by atoms with E-state index in [1.54, 1.807) is 18.5 Å². The van der Waals surface area contributed by atoms with Crippen LogP contribution in [-0.4, -0.2) is 32.5 Å². The van der Waals surface area contributed by atoms with Gasteiger partial charge in [0.05, 0.1) is 17.0 Å². The van der Waals surface area contributed by atoms with Crippen molar-refractivity contribution in [2.75, 3.05) is 7.11 Å². The zero-order valence-corrected chi connectivity index (χ0v) is 18.4. The first-order valence-electron chi connectivity index (χ1n) is 9.45. The minimum absolute atomic E-state index is 0.0589. The van der Waals surface area contributed by atoms with Crippen molar-refractivity contribution >= 4 is 27.5 Å². The van der Waals surface area contributed by atoms with Crippen molar-refractivity contribution in [2.24, 2.45) is 0 Å². The first-order valence-corrected chi connectivity index (χ1v) is 11.3. The molecule has 162 valence electrons. The molecule has 0 aliphatic carbocycles. The zero-order valence-electron chi connectivity index (χ0n) is 16.8. The van der Waals surface area contributed by atoms with E-state index in [2.05, 4.69) is 15.0 Å². The topological polar surface area (TPSA) is 97.4 Å². The van der Waals surface area contributed by atoms with E-state index in [0.717, 1.165) is 11.1 Å². The predicted octanol–water partition coefficient (Wildman–Crippen LogP) is 2.95. The van der Waals surface area contributed by atoms with E-state index in [1.807, 2.05) is 36.4 Å². The number of halogens is 1. The fraction of sp³-hybridized carbons (Fsp3) is 0.182. The molecule has 0 fully saturated rings. The van der Waals surface area contributed by atoms with Crippen molar-refractivity contribution in [3.05, 3.63) is 89.2 Å². The number of amides is 1. The van der Waals surface area contributed by atoms with Crippen LogP contribution in [0.15, 0.2) is 78.0 Å². The van der Waals surface area contributed by atoms with Crippen molar-refractivity contribution in [1.29, 1.82) is 0 Å². The van der Waals surface area contributed by atoms with Crippen molar-refractivity contribution in [3.8, 4) is 5.75 Å². The molecule has 2 N–H and O–H groups in total. The molecule has 1 atom stereocenters. The number of hydrogen-bond acceptors (Lipinski definition) is 5. The first-order chi connectivity index (χ1) is 14.9. The summed E-state index contributed by atoms with van der Waals surface area (Å²) in [5.74, 6) is -0.0912. The van der Waals surface area contributed by atoms with Gasteiger partial charge in [-0.15, -0.1) is 0 Å². The number of sulfonamides is 1. The number of ether oxygens (including phenoxy) is 1. The highest BCUT2D eigenvalue weighted by molar-refractivity contribution is 7.89. The van der Waals surface area contributed by atoms with Gasteiger partial charge in [-0.2, -0.15) is 4.72 Å². The second-order valence-corrected chi connectivity index (χ2v) is 8.86. The molecule has 1 aromatic heterocycles. The molecular formula is C22H22ClN3O4S. The van der Waals surface area contributed by atoms with Gasteiger partial charge in [0.25, 0.3) is 0 Å². The highest BCUT2D eigenvalue weighted by atomic mass is 35.5. The third-order valence-corrected chi connectivity index (χ3v) is 6.28. The maximum Gasteiger partial charge on any atom is 0.241 e. The lowest BCUT2D eigenvalue weighted by Crippen LogP contribution is -2.47. The fourth-order valence-corrected chi connectivity index (χ4v) is 4.47. The highest BCUT2D eigenvalue weighted by Crippen LogP contribution is 2.27. The van der Waals surface area contributed by atoms with Crippen LogP contribution in [0.1, 0.15) is 11.1 Å². The van der Waals surface area contributed by atoms with Crippen molar-refractivity contribution < 1.29 is 17.9 Å². The van der Waals surface area contributed by atoms with Crippen LogP contribution in [0.25, 0.3) is 0 Å². The average Bonchev–Trinajstić information content (AvgIpc) is 2.78. The molecule has 1 unspecified atom stereocenters. The lowest BCUT2D eigenvalue weighted by atomic mass is 10.1. The number of pyridine rings is 1. The number of rotatable bonds is 9. The number of carbonyl (C=O) groups is 1. The number of benzene rings is 2. The standard InChI is InChI=1S/C22H22ClN3O4S/c1-30-21-10-9-18(13-19(21)23)31(28,29)26-20(12-16-6-3-2-4-7-16)22(27)25-15-17-8-5-11-24-14-17/h2-11,13-14,20,26H,12,15H2,1H3,(H,25,27). The first kappa shape index (κ1) is 22.7. The minimum Gasteiger partial charge on any atom is -0.495 e. The Bertz CT molecular complexity index is 1130. The summed E-state index contributed by atoms with van der Waals surface area (Å²) in [6.07, 6.45) is 3.45. The summed E-state index contributed by atoms with van der Waals surface area (Å²) in [5, 5.41) is 2.93. The fourth-order valence-electron chi connectivity index (χ4n) is 2.92. The van der Waals surface area contributed by atoms with Gasteiger partial charge in [-0.3, -0.25) is 9.78 Å². The predicted molar refractivity (Wildman–Crippen MR) is 118 cm³/mol. The van der Waals surface area contributed by atoms with Crippen molar-refractivity contribution in [1.82, 2.24) is 15.0 Å². The van der Waals surface area contributed by atoms with E-state index in [4.69, 9.17) is 16.3 Å². The van der Waals surface area contributed by atoms with Crippen LogP contribution in [0.4, 0.5) is 0 Å². The highest BCUT2D eigenvalue weighted by Gasteiger charge is 2.26. The molecule has 7 nitrogen and oxygen atoms in total. The Hall–Kier alpha value is -2.94. The van der Waals surface area contributed by atoms with Crippen LogP contribution < -0.4 is 14.8 Å². The van der Waals surface area contributed by atoms with Gasteiger partial charge in [0.2, 0.25) is 15.9 Å². The molecule has 0 saturated heterocycles. The number of aromatic nitrogens is 1. The van der Waals surface area contributed by atoms with E-state index in [9.17, 15) is 13.2 Å². The second-order valence-electron chi connectivity index (χ2n) is 6.74. The summed E-state index contributed by atoms with van der Waals surface area (Å²) in [4.78, 5) is 16.8. The molecule has 9 heteroatoms. The molecule has 3 rings (SSSR count). The van der Waals surface area contributed by atoms with Gasteiger partial charge < -0.3 is 10.1 Å². The van der Waals surface area contributed by atoms with Gasteiger partial charge in [0.1, 0.15) is 11.8 Å². The molecule has 0 radical (unpaired) electrons. The molecule has 0 saturated carbocycles. The lowest BCUT2D eigenvalue weighted by molar-refractivity contribution is -0.122. The van der Waals surface area contributed by atoms with Crippen LogP contribution >= 0.6 is 11.6 Å². The van der Waals surface area contributed by atoms with Gasteiger partial charge in [-0.1, -0.05) is 48.0 Å². The average molecular weight is 460 g/mol. The van der Waals surface area contributed by atoms with E-state index in [1.165, 1.54) is 25.3 Å². The van der Waals surface area contributed by atoms with Gasteiger partial charge in [-0.05, 0) is 41.8 Å². The molecule has 0 spiro atoms. The molecule has 2 aromatic carbocycles. The molecular weight excluding hydrogens is 438 g/mol.